The maximum Gasteiger partial charge on any atom is 0.333 e. The van der Waals surface area contributed by atoms with Crippen molar-refractivity contribution in [3.05, 3.63) is 42.0 Å². The third kappa shape index (κ3) is 8.04. The summed E-state index contributed by atoms with van der Waals surface area (Å²) in [7, 11) is 0. The van der Waals surface area contributed by atoms with E-state index in [0.29, 0.717) is 30.0 Å². The van der Waals surface area contributed by atoms with Crippen LogP contribution in [0.5, 0.6) is 0 Å². The maximum absolute atomic E-state index is 11.9. The van der Waals surface area contributed by atoms with Crippen molar-refractivity contribution in [1.29, 1.82) is 0 Å². The van der Waals surface area contributed by atoms with Gasteiger partial charge in [0.25, 0.3) is 5.91 Å². The molecular formula is C18H26N2O3. The number of anilines is 1. The second-order valence-electron chi connectivity index (χ2n) is 5.57. The van der Waals surface area contributed by atoms with E-state index in [1.165, 1.54) is 0 Å². The Hall–Kier alpha value is -2.30. The second kappa shape index (κ2) is 10.4. The van der Waals surface area contributed by atoms with E-state index in [1.54, 1.807) is 31.2 Å². The molecule has 5 nitrogen and oxygen atoms in total. The smallest absolute Gasteiger partial charge is 0.333 e. The van der Waals surface area contributed by atoms with E-state index < -0.39 is 0 Å². The van der Waals surface area contributed by atoms with Crippen LogP contribution in [-0.2, 0) is 9.53 Å². The topological polar surface area (TPSA) is 81.4 Å². The van der Waals surface area contributed by atoms with Crippen molar-refractivity contribution in [2.24, 2.45) is 0 Å². The van der Waals surface area contributed by atoms with Gasteiger partial charge in [0.15, 0.2) is 0 Å². The Balaban J connectivity index is 2.00. The Morgan fingerprint density at radius 2 is 1.87 bits per heavy atom. The van der Waals surface area contributed by atoms with Gasteiger partial charge in [-0.2, -0.15) is 0 Å². The quantitative estimate of drug-likeness (QED) is 0.301. The van der Waals surface area contributed by atoms with Gasteiger partial charge in [-0.05, 0) is 38.0 Å². The number of rotatable bonds is 10. The first-order valence-corrected chi connectivity index (χ1v) is 7.97. The summed E-state index contributed by atoms with van der Waals surface area (Å²) in [6, 6.07) is 6.94. The predicted molar refractivity (Wildman–Crippen MR) is 92.0 cm³/mol. The molecule has 1 rings (SSSR count). The molecule has 23 heavy (non-hydrogen) atoms. The highest BCUT2D eigenvalue weighted by Gasteiger charge is 2.04. The van der Waals surface area contributed by atoms with Crippen molar-refractivity contribution in [1.82, 2.24) is 5.32 Å². The number of amides is 1. The van der Waals surface area contributed by atoms with Crippen molar-refractivity contribution < 1.29 is 14.3 Å². The summed E-state index contributed by atoms with van der Waals surface area (Å²) in [5.41, 5.74) is 7.26. The van der Waals surface area contributed by atoms with Crippen LogP contribution in [-0.4, -0.2) is 25.0 Å². The van der Waals surface area contributed by atoms with Crippen LogP contribution in [0, 0.1) is 0 Å². The molecule has 126 valence electrons. The lowest BCUT2D eigenvalue weighted by Crippen LogP contribution is -2.24. The minimum absolute atomic E-state index is 0.0935. The van der Waals surface area contributed by atoms with Gasteiger partial charge in [0, 0.05) is 23.4 Å². The number of unbranched alkanes of at least 4 members (excludes halogenated alkanes) is 4. The number of nitrogens with one attached hydrogen (secondary N) is 1. The summed E-state index contributed by atoms with van der Waals surface area (Å²) >= 11 is 0. The lowest BCUT2D eigenvalue weighted by atomic mass is 10.1. The molecule has 0 atom stereocenters. The average molecular weight is 318 g/mol. The average Bonchev–Trinajstić information content (AvgIpc) is 2.52. The zero-order valence-electron chi connectivity index (χ0n) is 13.8. The van der Waals surface area contributed by atoms with E-state index in [1.807, 2.05) is 0 Å². The molecule has 0 spiro atoms. The molecule has 1 aromatic carbocycles. The van der Waals surface area contributed by atoms with Crippen LogP contribution in [0.4, 0.5) is 5.69 Å². The first-order valence-electron chi connectivity index (χ1n) is 7.97. The Kier molecular flexibility index (Phi) is 8.50. The normalized spacial score (nSPS) is 10.1. The largest absolute Gasteiger partial charge is 0.462 e. The molecule has 0 saturated carbocycles. The molecule has 5 heteroatoms. The monoisotopic (exact) mass is 318 g/mol. The lowest BCUT2D eigenvalue weighted by Gasteiger charge is -2.06. The van der Waals surface area contributed by atoms with Crippen LogP contribution < -0.4 is 11.1 Å². The molecule has 3 N–H and O–H groups in total. The highest BCUT2D eigenvalue weighted by molar-refractivity contribution is 5.94. The minimum atomic E-state index is -0.325. The van der Waals surface area contributed by atoms with Gasteiger partial charge in [-0.1, -0.05) is 31.9 Å². The van der Waals surface area contributed by atoms with Crippen molar-refractivity contribution in [2.45, 2.75) is 39.0 Å². The zero-order chi connectivity index (χ0) is 17.1. The Morgan fingerprint density at radius 1 is 1.17 bits per heavy atom. The SMILES string of the molecule is C=C(C)C(=O)OCCCCCCCNC(=O)c1cccc(N)c1. The van der Waals surface area contributed by atoms with Crippen LogP contribution >= 0.6 is 0 Å². The van der Waals surface area contributed by atoms with E-state index >= 15 is 0 Å². The van der Waals surface area contributed by atoms with Crippen molar-refractivity contribution in [2.75, 3.05) is 18.9 Å². The molecule has 1 aromatic rings. The fraction of sp³-hybridized carbons (Fsp3) is 0.444. The molecule has 0 bridgehead atoms. The molecule has 0 unspecified atom stereocenters. The number of hydrogen-bond donors (Lipinski definition) is 2. The van der Waals surface area contributed by atoms with Gasteiger partial charge in [-0.25, -0.2) is 4.79 Å². The summed E-state index contributed by atoms with van der Waals surface area (Å²) in [5.74, 6) is -0.418. The summed E-state index contributed by atoms with van der Waals surface area (Å²) in [4.78, 5) is 23.0. The number of hydrogen-bond acceptors (Lipinski definition) is 4. The molecule has 1 amide bonds. The van der Waals surface area contributed by atoms with Gasteiger partial charge in [0.2, 0.25) is 0 Å². The molecule has 0 saturated heterocycles. The van der Waals surface area contributed by atoms with E-state index in [9.17, 15) is 9.59 Å². The Morgan fingerprint density at radius 3 is 2.57 bits per heavy atom. The summed E-state index contributed by atoms with van der Waals surface area (Å²) < 4.78 is 5.02. The van der Waals surface area contributed by atoms with Crippen molar-refractivity contribution in [3.63, 3.8) is 0 Å². The number of carbonyl (C=O) groups excluding carboxylic acids is 2. The Bertz CT molecular complexity index is 541. The van der Waals surface area contributed by atoms with Crippen LogP contribution in [0.15, 0.2) is 36.4 Å². The number of nitrogens with two attached hydrogens (primary N) is 1. The van der Waals surface area contributed by atoms with E-state index in [2.05, 4.69) is 11.9 Å². The van der Waals surface area contributed by atoms with Gasteiger partial charge in [-0.15, -0.1) is 0 Å². The molecule has 0 aromatic heterocycles. The van der Waals surface area contributed by atoms with Crippen LogP contribution in [0.3, 0.4) is 0 Å². The van der Waals surface area contributed by atoms with Gasteiger partial charge < -0.3 is 15.8 Å². The third-order valence-corrected chi connectivity index (χ3v) is 3.34. The molecule has 0 heterocycles. The van der Waals surface area contributed by atoms with Gasteiger partial charge in [-0.3, -0.25) is 4.79 Å². The highest BCUT2D eigenvalue weighted by atomic mass is 16.5. The van der Waals surface area contributed by atoms with Crippen LogP contribution in [0.2, 0.25) is 0 Å². The molecule has 0 aliphatic heterocycles. The number of benzene rings is 1. The van der Waals surface area contributed by atoms with Gasteiger partial charge in [0.1, 0.15) is 0 Å². The molecule has 0 aliphatic carbocycles. The second-order valence-corrected chi connectivity index (χ2v) is 5.57. The number of ether oxygens (including phenoxy) is 1. The first kappa shape index (κ1) is 18.7. The van der Waals surface area contributed by atoms with Crippen LogP contribution in [0.25, 0.3) is 0 Å². The lowest BCUT2D eigenvalue weighted by molar-refractivity contribution is -0.139. The van der Waals surface area contributed by atoms with Crippen LogP contribution in [0.1, 0.15) is 49.4 Å². The Labute approximate surface area is 137 Å². The standard InChI is InChI=1S/C18H26N2O3/c1-14(2)18(22)23-12-7-5-3-4-6-11-20-17(21)15-9-8-10-16(19)13-15/h8-10,13H,1,3-7,11-12,19H2,2H3,(H,20,21). The van der Waals surface area contributed by atoms with E-state index in [0.717, 1.165) is 32.1 Å². The third-order valence-electron chi connectivity index (χ3n) is 3.34. The summed E-state index contributed by atoms with van der Waals surface area (Å²) in [6.45, 7) is 6.26. The van der Waals surface area contributed by atoms with E-state index in [4.69, 9.17) is 10.5 Å². The summed E-state index contributed by atoms with van der Waals surface area (Å²) in [6.07, 6.45) is 4.88. The number of esters is 1. The molecule has 0 fully saturated rings. The predicted octanol–water partition coefficient (Wildman–Crippen LogP) is 3.07. The first-order chi connectivity index (χ1) is 11.0. The zero-order valence-corrected chi connectivity index (χ0v) is 13.8. The minimum Gasteiger partial charge on any atom is -0.462 e. The summed E-state index contributed by atoms with van der Waals surface area (Å²) in [5, 5.41) is 2.88. The number of nitrogen functional groups attached to an aromatic ring is 1. The molecule has 0 aliphatic rings. The van der Waals surface area contributed by atoms with Crippen molar-refractivity contribution >= 4 is 17.6 Å². The highest BCUT2D eigenvalue weighted by Crippen LogP contribution is 2.07. The number of carbonyl (C=O) groups is 2. The molecular weight excluding hydrogens is 292 g/mol. The van der Waals surface area contributed by atoms with Gasteiger partial charge >= 0.3 is 5.97 Å². The van der Waals surface area contributed by atoms with Crippen molar-refractivity contribution in [3.8, 4) is 0 Å². The van der Waals surface area contributed by atoms with E-state index in [-0.39, 0.29) is 11.9 Å². The fourth-order valence-electron chi connectivity index (χ4n) is 2.03. The maximum atomic E-state index is 11.9. The fourth-order valence-corrected chi connectivity index (χ4v) is 2.03. The molecule has 0 radical (unpaired) electrons. The van der Waals surface area contributed by atoms with Gasteiger partial charge in [0.05, 0.1) is 6.61 Å².